The van der Waals surface area contributed by atoms with Crippen molar-refractivity contribution < 1.29 is 24.2 Å². The second-order valence-corrected chi connectivity index (χ2v) is 9.06. The van der Waals surface area contributed by atoms with Crippen LogP contribution in [0, 0.1) is 0 Å². The van der Waals surface area contributed by atoms with Gasteiger partial charge in [-0.05, 0) is 55.1 Å². The Bertz CT molecular complexity index is 1010. The van der Waals surface area contributed by atoms with Gasteiger partial charge in [-0.25, -0.2) is 4.79 Å². The molecule has 2 aliphatic rings. The Kier molecular flexibility index (Phi) is 7.47. The van der Waals surface area contributed by atoms with Gasteiger partial charge in [0.25, 0.3) is 0 Å². The van der Waals surface area contributed by atoms with E-state index in [4.69, 9.17) is 9.84 Å². The molecular formula is C26H31N3O5. The molecule has 0 saturated carbocycles. The van der Waals surface area contributed by atoms with Crippen LogP contribution in [0.15, 0.2) is 48.5 Å². The van der Waals surface area contributed by atoms with Crippen molar-refractivity contribution in [3.8, 4) is 11.1 Å². The van der Waals surface area contributed by atoms with Gasteiger partial charge in [-0.2, -0.15) is 0 Å². The summed E-state index contributed by atoms with van der Waals surface area (Å²) in [4.78, 5) is 38.8. The Hall–Kier alpha value is -3.39. The van der Waals surface area contributed by atoms with E-state index in [-0.39, 0.29) is 37.3 Å². The second-order valence-electron chi connectivity index (χ2n) is 9.06. The summed E-state index contributed by atoms with van der Waals surface area (Å²) < 4.78 is 5.55. The smallest absolute Gasteiger partial charge is 0.407 e. The molecule has 2 aromatic rings. The summed E-state index contributed by atoms with van der Waals surface area (Å²) >= 11 is 0. The van der Waals surface area contributed by atoms with E-state index < -0.39 is 18.1 Å². The van der Waals surface area contributed by atoms with Crippen LogP contribution in [0.3, 0.4) is 0 Å². The van der Waals surface area contributed by atoms with Crippen LogP contribution >= 0.6 is 0 Å². The Balaban J connectivity index is 1.39. The van der Waals surface area contributed by atoms with Gasteiger partial charge in [0.1, 0.15) is 12.6 Å². The number of rotatable bonds is 8. The summed E-state index contributed by atoms with van der Waals surface area (Å²) in [7, 11) is 2.00. The van der Waals surface area contributed by atoms with Crippen LogP contribution in [0.25, 0.3) is 11.1 Å². The lowest BCUT2D eigenvalue weighted by molar-refractivity contribution is -0.137. The maximum absolute atomic E-state index is 12.9. The molecule has 2 unspecified atom stereocenters. The van der Waals surface area contributed by atoms with E-state index >= 15 is 0 Å². The maximum atomic E-state index is 12.9. The van der Waals surface area contributed by atoms with Crippen LogP contribution in [0.1, 0.15) is 42.7 Å². The van der Waals surface area contributed by atoms with Gasteiger partial charge in [0.2, 0.25) is 5.91 Å². The molecule has 1 fully saturated rings. The second kappa shape index (κ2) is 10.7. The topological polar surface area (TPSA) is 108 Å². The van der Waals surface area contributed by atoms with Gasteiger partial charge in [-0.15, -0.1) is 0 Å². The van der Waals surface area contributed by atoms with Crippen molar-refractivity contribution in [1.82, 2.24) is 15.5 Å². The molecule has 0 radical (unpaired) electrons. The van der Waals surface area contributed by atoms with Gasteiger partial charge in [-0.1, -0.05) is 48.5 Å². The summed E-state index contributed by atoms with van der Waals surface area (Å²) in [6.45, 7) is 1.83. The number of hydrogen-bond donors (Lipinski definition) is 3. The Morgan fingerprint density at radius 3 is 2.35 bits per heavy atom. The van der Waals surface area contributed by atoms with Crippen molar-refractivity contribution in [1.29, 1.82) is 0 Å². The van der Waals surface area contributed by atoms with Crippen LogP contribution < -0.4 is 10.6 Å². The zero-order valence-electron chi connectivity index (χ0n) is 19.3. The third kappa shape index (κ3) is 5.56. The molecule has 1 saturated heterocycles. The average Bonchev–Trinajstić information content (AvgIpc) is 3.14. The number of benzene rings is 2. The number of nitrogens with zero attached hydrogens (tertiary/aromatic N) is 1. The lowest BCUT2D eigenvalue weighted by Crippen LogP contribution is -2.53. The van der Waals surface area contributed by atoms with Crippen molar-refractivity contribution in [2.45, 2.75) is 43.7 Å². The van der Waals surface area contributed by atoms with E-state index in [0.717, 1.165) is 48.2 Å². The molecule has 1 aliphatic heterocycles. The number of carbonyl (C=O) groups excluding carboxylic acids is 2. The van der Waals surface area contributed by atoms with E-state index in [9.17, 15) is 14.4 Å². The van der Waals surface area contributed by atoms with Gasteiger partial charge < -0.3 is 25.4 Å². The summed E-state index contributed by atoms with van der Waals surface area (Å²) in [6.07, 6.45) is 0.863. The highest BCUT2D eigenvalue weighted by Gasteiger charge is 2.30. The molecule has 180 valence electrons. The van der Waals surface area contributed by atoms with E-state index in [0.29, 0.717) is 0 Å². The quantitative estimate of drug-likeness (QED) is 0.553. The van der Waals surface area contributed by atoms with Gasteiger partial charge in [-0.3, -0.25) is 9.59 Å². The molecule has 8 heteroatoms. The average molecular weight is 466 g/mol. The Morgan fingerprint density at radius 2 is 1.74 bits per heavy atom. The van der Waals surface area contributed by atoms with Gasteiger partial charge >= 0.3 is 12.1 Å². The highest BCUT2D eigenvalue weighted by molar-refractivity contribution is 5.86. The van der Waals surface area contributed by atoms with Crippen LogP contribution in [0.2, 0.25) is 0 Å². The van der Waals surface area contributed by atoms with Crippen LogP contribution in [0.4, 0.5) is 4.79 Å². The van der Waals surface area contributed by atoms with E-state index in [1.54, 1.807) is 0 Å². The molecule has 3 N–H and O–H groups in total. The highest BCUT2D eigenvalue weighted by Crippen LogP contribution is 2.44. The highest BCUT2D eigenvalue weighted by atomic mass is 16.5. The molecule has 2 amide bonds. The largest absolute Gasteiger partial charge is 0.481 e. The van der Waals surface area contributed by atoms with Crippen molar-refractivity contribution in [3.63, 3.8) is 0 Å². The zero-order valence-corrected chi connectivity index (χ0v) is 19.3. The molecular weight excluding hydrogens is 434 g/mol. The number of aliphatic carboxylic acids is 1. The van der Waals surface area contributed by atoms with Crippen LogP contribution in [-0.4, -0.2) is 66.8 Å². The number of fused-ring (bicyclic) bond motifs is 3. The van der Waals surface area contributed by atoms with Crippen LogP contribution in [0.5, 0.6) is 0 Å². The molecule has 0 aromatic heterocycles. The lowest BCUT2D eigenvalue weighted by atomic mass is 9.98. The number of carboxylic acids is 1. The first-order valence-corrected chi connectivity index (χ1v) is 11.7. The molecule has 34 heavy (non-hydrogen) atoms. The summed E-state index contributed by atoms with van der Waals surface area (Å²) in [6, 6.07) is 15.1. The maximum Gasteiger partial charge on any atom is 0.407 e. The minimum atomic E-state index is -1.02. The third-order valence-corrected chi connectivity index (χ3v) is 6.57. The fraction of sp³-hybridized carbons (Fsp3) is 0.423. The number of piperidine rings is 1. The Morgan fingerprint density at radius 1 is 1.09 bits per heavy atom. The van der Waals surface area contributed by atoms with Crippen molar-refractivity contribution in [2.24, 2.45) is 0 Å². The van der Waals surface area contributed by atoms with Gasteiger partial charge in [0.05, 0.1) is 0 Å². The number of likely N-dealkylation sites (tertiary alicyclic amines) is 1. The molecule has 1 heterocycles. The molecule has 1 aliphatic carbocycles. The zero-order chi connectivity index (χ0) is 24.1. The predicted octanol–water partition coefficient (Wildman–Crippen LogP) is 2.97. The van der Waals surface area contributed by atoms with E-state index in [1.807, 2.05) is 43.4 Å². The van der Waals surface area contributed by atoms with Gasteiger partial charge in [0.15, 0.2) is 0 Å². The standard InChI is InChI=1S/C26H31N3O5/c1-29-14-6-7-17(15-29)27-25(32)23(12-13-24(30)31)28-26(33)34-16-22-20-10-4-2-8-18(20)19-9-3-5-11-21(19)22/h2-5,8-11,17,22-23H,6-7,12-16H2,1H3,(H,27,32)(H,28,33)(H,30,31). The molecule has 2 atom stereocenters. The minimum absolute atomic E-state index is 0.00603. The lowest BCUT2D eigenvalue weighted by Gasteiger charge is -2.31. The number of carbonyl (C=O) groups is 3. The number of amides is 2. The summed E-state index contributed by atoms with van der Waals surface area (Å²) in [5, 5.41) is 14.6. The normalized spacial score (nSPS) is 18.4. The summed E-state index contributed by atoms with van der Waals surface area (Å²) in [5.74, 6) is -1.50. The predicted molar refractivity (Wildman–Crippen MR) is 128 cm³/mol. The van der Waals surface area contributed by atoms with Crippen LogP contribution in [-0.2, 0) is 14.3 Å². The fourth-order valence-corrected chi connectivity index (χ4v) is 4.90. The summed E-state index contributed by atoms with van der Waals surface area (Å²) in [5.41, 5.74) is 4.45. The van der Waals surface area contributed by atoms with Crippen molar-refractivity contribution in [3.05, 3.63) is 59.7 Å². The van der Waals surface area contributed by atoms with Gasteiger partial charge in [0, 0.05) is 24.9 Å². The van der Waals surface area contributed by atoms with E-state index in [1.165, 1.54) is 0 Å². The molecule has 0 bridgehead atoms. The minimum Gasteiger partial charge on any atom is -0.481 e. The third-order valence-electron chi connectivity index (χ3n) is 6.57. The monoisotopic (exact) mass is 465 g/mol. The Labute approximate surface area is 199 Å². The number of alkyl carbamates (subject to hydrolysis) is 1. The SMILES string of the molecule is CN1CCCC(NC(=O)C(CCC(=O)O)NC(=O)OCC2c3ccccc3-c3ccccc32)C1. The van der Waals surface area contributed by atoms with Crippen molar-refractivity contribution in [2.75, 3.05) is 26.7 Å². The molecule has 8 nitrogen and oxygen atoms in total. The first kappa shape index (κ1) is 23.8. The molecule has 4 rings (SSSR count). The first-order valence-electron chi connectivity index (χ1n) is 11.7. The first-order chi connectivity index (χ1) is 16.4. The van der Waals surface area contributed by atoms with Crippen molar-refractivity contribution >= 4 is 18.0 Å². The fourth-order valence-electron chi connectivity index (χ4n) is 4.90. The number of carboxylic acid groups (broad SMARTS) is 1. The molecule has 2 aromatic carbocycles. The number of hydrogen-bond acceptors (Lipinski definition) is 5. The number of likely N-dealkylation sites (N-methyl/N-ethyl adjacent to an activating group) is 1. The van der Waals surface area contributed by atoms with E-state index in [2.05, 4.69) is 27.7 Å². The number of nitrogens with one attached hydrogen (secondary N) is 2. The molecule has 0 spiro atoms. The number of ether oxygens (including phenoxy) is 1.